The van der Waals surface area contributed by atoms with Gasteiger partial charge in [0.05, 0.1) is 6.04 Å². The van der Waals surface area contributed by atoms with Gasteiger partial charge in [0.25, 0.3) is 0 Å². The van der Waals surface area contributed by atoms with E-state index in [4.69, 9.17) is 9.47 Å². The smallest absolute Gasteiger partial charge is 0.124 e. The van der Waals surface area contributed by atoms with E-state index in [0.717, 1.165) is 18.7 Å². The number of para-hydroxylation sites is 1. The summed E-state index contributed by atoms with van der Waals surface area (Å²) in [6, 6.07) is 8.41. The summed E-state index contributed by atoms with van der Waals surface area (Å²) in [4.78, 5) is 0. The Hall–Kier alpha value is -1.06. The van der Waals surface area contributed by atoms with E-state index in [2.05, 4.69) is 18.3 Å². The Balaban J connectivity index is 2.22. The summed E-state index contributed by atoms with van der Waals surface area (Å²) in [5.41, 5.74) is 1.20. The molecule has 0 radical (unpaired) electrons. The number of methoxy groups -OCH3 is 1. The van der Waals surface area contributed by atoms with E-state index in [-0.39, 0.29) is 12.1 Å². The van der Waals surface area contributed by atoms with Crippen molar-refractivity contribution >= 4 is 0 Å². The Morgan fingerprint density at radius 3 is 3.00 bits per heavy atom. The van der Waals surface area contributed by atoms with E-state index < -0.39 is 0 Å². The molecule has 1 heterocycles. The van der Waals surface area contributed by atoms with Crippen molar-refractivity contribution in [3.05, 3.63) is 29.8 Å². The summed E-state index contributed by atoms with van der Waals surface area (Å²) in [6.07, 6.45) is 1.22. The molecule has 0 spiro atoms. The van der Waals surface area contributed by atoms with E-state index >= 15 is 0 Å². The largest absolute Gasteiger partial charge is 0.490 e. The highest BCUT2D eigenvalue weighted by atomic mass is 16.5. The van der Waals surface area contributed by atoms with Crippen molar-refractivity contribution in [2.75, 3.05) is 20.3 Å². The molecule has 0 bridgehead atoms. The van der Waals surface area contributed by atoms with Gasteiger partial charge < -0.3 is 14.8 Å². The zero-order valence-electron chi connectivity index (χ0n) is 9.90. The van der Waals surface area contributed by atoms with Crippen LogP contribution in [0.5, 0.6) is 5.75 Å². The third-order valence-corrected chi connectivity index (χ3v) is 2.95. The number of hydrogen-bond acceptors (Lipinski definition) is 3. The topological polar surface area (TPSA) is 30.5 Å². The first-order chi connectivity index (χ1) is 7.86. The Kier molecular flexibility index (Phi) is 3.80. The first kappa shape index (κ1) is 11.4. The fourth-order valence-corrected chi connectivity index (χ4v) is 2.08. The maximum atomic E-state index is 5.67. The zero-order chi connectivity index (χ0) is 11.4. The second kappa shape index (κ2) is 5.32. The zero-order valence-corrected chi connectivity index (χ0v) is 9.90. The Bertz CT molecular complexity index is 340. The predicted octanol–water partition coefficient (Wildman–Crippen LogP) is 2.13. The third kappa shape index (κ3) is 2.20. The number of fused-ring (bicyclic) bond motifs is 1. The van der Waals surface area contributed by atoms with Crippen LogP contribution in [0, 0.1) is 0 Å². The molecule has 88 valence electrons. The number of benzene rings is 1. The second-order valence-corrected chi connectivity index (χ2v) is 4.05. The first-order valence-corrected chi connectivity index (χ1v) is 5.84. The van der Waals surface area contributed by atoms with Crippen LogP contribution in [0.3, 0.4) is 0 Å². The van der Waals surface area contributed by atoms with Gasteiger partial charge in [-0.3, -0.25) is 0 Å². The molecule has 2 unspecified atom stereocenters. The lowest BCUT2D eigenvalue weighted by atomic mass is 9.98. The molecule has 0 aromatic heterocycles. The van der Waals surface area contributed by atoms with Gasteiger partial charge in [-0.2, -0.15) is 0 Å². The highest BCUT2D eigenvalue weighted by Crippen LogP contribution is 2.32. The maximum Gasteiger partial charge on any atom is 0.124 e. The SMILES string of the molecule is CCCNC1c2ccccc2OCC1OC. The normalized spacial score (nSPS) is 23.6. The monoisotopic (exact) mass is 221 g/mol. The van der Waals surface area contributed by atoms with E-state index in [1.165, 1.54) is 5.56 Å². The van der Waals surface area contributed by atoms with Crippen LogP contribution in [0.4, 0.5) is 0 Å². The molecule has 2 rings (SSSR count). The molecule has 2 atom stereocenters. The summed E-state index contributed by atoms with van der Waals surface area (Å²) in [5.74, 6) is 0.976. The fourth-order valence-electron chi connectivity index (χ4n) is 2.08. The van der Waals surface area contributed by atoms with Gasteiger partial charge in [-0.25, -0.2) is 0 Å². The van der Waals surface area contributed by atoms with E-state index in [0.29, 0.717) is 6.61 Å². The van der Waals surface area contributed by atoms with Gasteiger partial charge in [0.15, 0.2) is 0 Å². The van der Waals surface area contributed by atoms with Gasteiger partial charge in [-0.05, 0) is 19.0 Å². The van der Waals surface area contributed by atoms with Crippen molar-refractivity contribution in [3.63, 3.8) is 0 Å². The molecule has 0 amide bonds. The fraction of sp³-hybridized carbons (Fsp3) is 0.538. The standard InChI is InChI=1S/C13H19NO2/c1-3-8-14-13-10-6-4-5-7-11(10)16-9-12(13)15-2/h4-7,12-14H,3,8-9H2,1-2H3. The summed E-state index contributed by atoms with van der Waals surface area (Å²) < 4.78 is 11.1. The second-order valence-electron chi connectivity index (χ2n) is 4.05. The van der Waals surface area contributed by atoms with E-state index in [1.807, 2.05) is 18.2 Å². The van der Waals surface area contributed by atoms with Crippen LogP contribution in [0.25, 0.3) is 0 Å². The molecule has 0 fully saturated rings. The third-order valence-electron chi connectivity index (χ3n) is 2.95. The predicted molar refractivity (Wildman–Crippen MR) is 63.8 cm³/mol. The number of ether oxygens (including phenoxy) is 2. The lowest BCUT2D eigenvalue weighted by Crippen LogP contribution is -2.40. The van der Waals surface area contributed by atoms with Crippen LogP contribution in [0.15, 0.2) is 24.3 Å². The first-order valence-electron chi connectivity index (χ1n) is 5.84. The number of hydrogen-bond donors (Lipinski definition) is 1. The van der Waals surface area contributed by atoms with Crippen molar-refractivity contribution in [1.29, 1.82) is 0 Å². The average Bonchev–Trinajstić information content (AvgIpc) is 2.35. The molecule has 1 aliphatic heterocycles. The number of nitrogens with one attached hydrogen (secondary N) is 1. The molecule has 1 aliphatic rings. The van der Waals surface area contributed by atoms with Gasteiger partial charge >= 0.3 is 0 Å². The van der Waals surface area contributed by atoms with Crippen LogP contribution >= 0.6 is 0 Å². The van der Waals surface area contributed by atoms with Crippen molar-refractivity contribution in [2.24, 2.45) is 0 Å². The van der Waals surface area contributed by atoms with Crippen LogP contribution in [0.1, 0.15) is 24.9 Å². The molecule has 1 aromatic carbocycles. The quantitative estimate of drug-likeness (QED) is 0.845. The number of rotatable bonds is 4. The van der Waals surface area contributed by atoms with Gasteiger partial charge in [0.2, 0.25) is 0 Å². The maximum absolute atomic E-state index is 5.67. The minimum atomic E-state index is 0.0986. The van der Waals surface area contributed by atoms with Crippen molar-refractivity contribution in [1.82, 2.24) is 5.32 Å². The van der Waals surface area contributed by atoms with Crippen molar-refractivity contribution in [3.8, 4) is 5.75 Å². The van der Waals surface area contributed by atoms with Crippen LogP contribution in [0.2, 0.25) is 0 Å². The summed E-state index contributed by atoms with van der Waals surface area (Å²) in [6.45, 7) is 3.79. The molecule has 16 heavy (non-hydrogen) atoms. The van der Waals surface area contributed by atoms with Crippen molar-refractivity contribution < 1.29 is 9.47 Å². The van der Waals surface area contributed by atoms with Crippen LogP contribution < -0.4 is 10.1 Å². The minimum Gasteiger partial charge on any atom is -0.490 e. The van der Waals surface area contributed by atoms with Gasteiger partial charge in [-0.15, -0.1) is 0 Å². The lowest BCUT2D eigenvalue weighted by Gasteiger charge is -2.33. The Morgan fingerprint density at radius 1 is 1.44 bits per heavy atom. The Labute approximate surface area is 96.8 Å². The highest BCUT2D eigenvalue weighted by molar-refractivity contribution is 5.38. The van der Waals surface area contributed by atoms with Crippen LogP contribution in [-0.2, 0) is 4.74 Å². The van der Waals surface area contributed by atoms with Gasteiger partial charge in [0.1, 0.15) is 18.5 Å². The summed E-state index contributed by atoms with van der Waals surface area (Å²) >= 11 is 0. The lowest BCUT2D eigenvalue weighted by molar-refractivity contribution is 0.0157. The average molecular weight is 221 g/mol. The Morgan fingerprint density at radius 2 is 2.25 bits per heavy atom. The van der Waals surface area contributed by atoms with Gasteiger partial charge in [0, 0.05) is 12.7 Å². The minimum absolute atomic E-state index is 0.0986. The molecule has 1 aromatic rings. The molecule has 1 N–H and O–H groups in total. The molecule has 3 nitrogen and oxygen atoms in total. The molecule has 0 saturated heterocycles. The van der Waals surface area contributed by atoms with Crippen molar-refractivity contribution in [2.45, 2.75) is 25.5 Å². The molecule has 3 heteroatoms. The summed E-state index contributed by atoms with van der Waals surface area (Å²) in [5, 5.41) is 3.52. The van der Waals surface area contributed by atoms with Gasteiger partial charge in [-0.1, -0.05) is 25.1 Å². The van der Waals surface area contributed by atoms with E-state index in [9.17, 15) is 0 Å². The summed E-state index contributed by atoms with van der Waals surface area (Å²) in [7, 11) is 1.74. The molecular weight excluding hydrogens is 202 g/mol. The van der Waals surface area contributed by atoms with E-state index in [1.54, 1.807) is 7.11 Å². The van der Waals surface area contributed by atoms with Crippen LogP contribution in [-0.4, -0.2) is 26.4 Å². The highest BCUT2D eigenvalue weighted by Gasteiger charge is 2.29. The molecule has 0 aliphatic carbocycles. The molecule has 0 saturated carbocycles. The molecular formula is C13H19NO2.